The van der Waals surface area contributed by atoms with Crippen molar-refractivity contribution >= 4 is 21.6 Å². The van der Waals surface area contributed by atoms with Crippen molar-refractivity contribution in [1.29, 1.82) is 0 Å². The van der Waals surface area contributed by atoms with Crippen LogP contribution in [0.1, 0.15) is 76.1 Å². The second-order valence-electron chi connectivity index (χ2n) is 15.5. The van der Waals surface area contributed by atoms with Gasteiger partial charge in [-0.1, -0.05) is 32.4 Å². The molecule has 1 unspecified atom stereocenters. The van der Waals surface area contributed by atoms with E-state index in [-0.39, 0.29) is 34.9 Å². The molecule has 3 atom stereocenters. The molecule has 270 valence electrons. The number of carbonyl (C=O) groups excluding carboxylic acids is 1. The summed E-state index contributed by atoms with van der Waals surface area (Å²) in [5, 5.41) is 2.99. The van der Waals surface area contributed by atoms with Gasteiger partial charge in [-0.25, -0.2) is 22.6 Å². The van der Waals surface area contributed by atoms with Gasteiger partial charge in [0.15, 0.2) is 9.84 Å². The Labute approximate surface area is 296 Å². The number of rotatable bonds is 12. The molecule has 2 saturated carbocycles. The number of imidazole rings is 1. The molecule has 11 heteroatoms. The van der Waals surface area contributed by atoms with E-state index in [2.05, 4.69) is 45.8 Å². The number of anilines is 1. The average molecular weight is 706 g/mol. The fraction of sp³-hybridized carbons (Fsp3) is 0.590. The fourth-order valence-corrected chi connectivity index (χ4v) is 11.0. The molecule has 0 bridgehead atoms. The van der Waals surface area contributed by atoms with E-state index in [4.69, 9.17) is 9.72 Å². The maximum atomic E-state index is 15.2. The molecule has 1 aromatic heterocycles. The van der Waals surface area contributed by atoms with Gasteiger partial charge in [0.1, 0.15) is 11.6 Å². The highest BCUT2D eigenvalue weighted by molar-refractivity contribution is 7.92. The number of methoxy groups -OCH3 is 1. The number of ether oxygens (including phenoxy) is 1. The van der Waals surface area contributed by atoms with Gasteiger partial charge in [0, 0.05) is 67.6 Å². The number of sulfone groups is 1. The SMILES string of the molecule is COC(=O)N[C@H]1CCCC1[C@](Cn1ccnc1C(C)C)(c1cccc(F)c1)C1CCN(CC2CN(c3ccc(S(=O)(=O)C4CC4)cc3)C2)CC1. The maximum absolute atomic E-state index is 15.2. The third-order valence-electron chi connectivity index (χ3n) is 12.0. The third-order valence-corrected chi connectivity index (χ3v) is 14.3. The first-order valence-corrected chi connectivity index (χ1v) is 20.1. The van der Waals surface area contributed by atoms with Gasteiger partial charge >= 0.3 is 6.09 Å². The van der Waals surface area contributed by atoms with Crippen molar-refractivity contribution in [2.24, 2.45) is 17.8 Å². The molecule has 7 rings (SSSR count). The van der Waals surface area contributed by atoms with Crippen LogP contribution in [-0.2, 0) is 26.5 Å². The Morgan fingerprint density at radius 1 is 1.04 bits per heavy atom. The van der Waals surface area contributed by atoms with Crippen molar-refractivity contribution in [3.05, 3.63) is 78.1 Å². The van der Waals surface area contributed by atoms with Crippen LogP contribution < -0.4 is 10.2 Å². The predicted molar refractivity (Wildman–Crippen MR) is 193 cm³/mol. The molecule has 2 aliphatic heterocycles. The first-order chi connectivity index (χ1) is 24.1. The van der Waals surface area contributed by atoms with Crippen LogP contribution in [0.25, 0.3) is 0 Å². The van der Waals surface area contributed by atoms with Gasteiger partial charge in [-0.3, -0.25) is 0 Å². The summed E-state index contributed by atoms with van der Waals surface area (Å²) in [6.45, 7) is 9.88. The van der Waals surface area contributed by atoms with Crippen LogP contribution in [0, 0.1) is 23.6 Å². The minimum atomic E-state index is -3.17. The molecule has 4 aliphatic rings. The summed E-state index contributed by atoms with van der Waals surface area (Å²) >= 11 is 0. The van der Waals surface area contributed by atoms with Gasteiger partial charge in [0.2, 0.25) is 0 Å². The Hall–Kier alpha value is -3.44. The summed E-state index contributed by atoms with van der Waals surface area (Å²) < 4.78 is 47.8. The Morgan fingerprint density at radius 3 is 2.44 bits per heavy atom. The number of carbonyl (C=O) groups is 1. The topological polar surface area (TPSA) is 96.8 Å². The molecule has 2 aromatic carbocycles. The molecular formula is C39H52FN5O4S. The van der Waals surface area contributed by atoms with E-state index in [1.807, 2.05) is 24.4 Å². The van der Waals surface area contributed by atoms with Crippen molar-refractivity contribution in [3.8, 4) is 0 Å². The first kappa shape index (κ1) is 35.0. The van der Waals surface area contributed by atoms with E-state index in [9.17, 15) is 13.2 Å². The number of hydrogen-bond donors (Lipinski definition) is 1. The Balaban J connectivity index is 1.08. The van der Waals surface area contributed by atoms with Crippen molar-refractivity contribution in [2.45, 2.75) is 92.9 Å². The predicted octanol–water partition coefficient (Wildman–Crippen LogP) is 6.39. The number of alkyl carbamates (subject to hydrolysis) is 1. The quantitative estimate of drug-likeness (QED) is 0.233. The summed E-state index contributed by atoms with van der Waals surface area (Å²) in [6.07, 6.45) is 9.86. The van der Waals surface area contributed by atoms with Gasteiger partial charge in [-0.15, -0.1) is 0 Å². The molecule has 3 heterocycles. The normalized spacial score (nSPS) is 23.5. The molecule has 50 heavy (non-hydrogen) atoms. The molecule has 4 fully saturated rings. The summed E-state index contributed by atoms with van der Waals surface area (Å²) in [5.41, 5.74) is 1.67. The van der Waals surface area contributed by atoms with E-state index in [0.29, 0.717) is 17.4 Å². The van der Waals surface area contributed by atoms with E-state index in [1.165, 1.54) is 13.2 Å². The lowest BCUT2D eigenvalue weighted by molar-refractivity contribution is 0.0540. The van der Waals surface area contributed by atoms with Gasteiger partial charge < -0.3 is 24.4 Å². The van der Waals surface area contributed by atoms with Crippen LogP contribution in [0.2, 0.25) is 0 Å². The molecule has 0 spiro atoms. The number of benzene rings is 2. The minimum absolute atomic E-state index is 0.0707. The second-order valence-corrected chi connectivity index (χ2v) is 17.7. The minimum Gasteiger partial charge on any atom is -0.453 e. The van der Waals surface area contributed by atoms with Crippen molar-refractivity contribution in [1.82, 2.24) is 19.8 Å². The van der Waals surface area contributed by atoms with Crippen LogP contribution >= 0.6 is 0 Å². The van der Waals surface area contributed by atoms with Crippen LogP contribution in [-0.4, -0.2) is 80.1 Å². The zero-order chi connectivity index (χ0) is 35.0. The second kappa shape index (κ2) is 14.3. The molecule has 1 N–H and O–H groups in total. The maximum Gasteiger partial charge on any atom is 0.407 e. The van der Waals surface area contributed by atoms with Crippen LogP contribution in [0.5, 0.6) is 0 Å². The summed E-state index contributed by atoms with van der Waals surface area (Å²) in [5.74, 6) is 1.96. The molecule has 3 aromatic rings. The highest BCUT2D eigenvalue weighted by Crippen LogP contribution is 2.52. The van der Waals surface area contributed by atoms with E-state index >= 15 is 4.39 Å². The van der Waals surface area contributed by atoms with Crippen LogP contribution in [0.15, 0.2) is 65.8 Å². The Kier molecular flexibility index (Phi) is 10.00. The van der Waals surface area contributed by atoms with Crippen LogP contribution in [0.4, 0.5) is 14.9 Å². The molecular weight excluding hydrogens is 654 g/mol. The summed E-state index contributed by atoms with van der Waals surface area (Å²) in [4.78, 5) is 22.7. The summed E-state index contributed by atoms with van der Waals surface area (Å²) in [7, 11) is -1.76. The summed E-state index contributed by atoms with van der Waals surface area (Å²) in [6, 6.07) is 14.6. The molecule has 9 nitrogen and oxygen atoms in total. The third kappa shape index (κ3) is 6.92. The van der Waals surface area contributed by atoms with Gasteiger partial charge in [0.05, 0.1) is 17.3 Å². The highest BCUT2D eigenvalue weighted by atomic mass is 32.2. The van der Waals surface area contributed by atoms with Gasteiger partial charge in [-0.2, -0.15) is 0 Å². The van der Waals surface area contributed by atoms with Crippen molar-refractivity contribution in [3.63, 3.8) is 0 Å². The number of hydrogen-bond acceptors (Lipinski definition) is 7. The number of halogens is 1. The Bertz CT molecular complexity index is 1750. The lowest BCUT2D eigenvalue weighted by atomic mass is 9.58. The van der Waals surface area contributed by atoms with E-state index in [1.54, 1.807) is 18.2 Å². The van der Waals surface area contributed by atoms with E-state index < -0.39 is 21.3 Å². The van der Waals surface area contributed by atoms with Crippen molar-refractivity contribution in [2.75, 3.05) is 44.7 Å². The molecule has 0 radical (unpaired) electrons. The smallest absolute Gasteiger partial charge is 0.407 e. The number of nitrogens with zero attached hydrogens (tertiary/aromatic N) is 4. The average Bonchev–Trinajstić information content (AvgIpc) is 3.70. The molecule has 2 saturated heterocycles. The van der Waals surface area contributed by atoms with Gasteiger partial charge in [-0.05, 0) is 105 Å². The number of aromatic nitrogens is 2. The fourth-order valence-electron chi connectivity index (χ4n) is 9.37. The number of likely N-dealkylation sites (tertiary alicyclic amines) is 1. The highest BCUT2D eigenvalue weighted by Gasteiger charge is 2.52. The monoisotopic (exact) mass is 705 g/mol. The zero-order valence-electron chi connectivity index (χ0n) is 29.6. The Morgan fingerprint density at radius 2 is 1.78 bits per heavy atom. The largest absolute Gasteiger partial charge is 0.453 e. The van der Waals surface area contributed by atoms with Crippen molar-refractivity contribution < 1.29 is 22.3 Å². The van der Waals surface area contributed by atoms with Crippen LogP contribution in [0.3, 0.4) is 0 Å². The molecule has 2 aliphatic carbocycles. The zero-order valence-corrected chi connectivity index (χ0v) is 30.5. The van der Waals surface area contributed by atoms with Gasteiger partial charge in [0.25, 0.3) is 0 Å². The molecule has 1 amide bonds. The standard InChI is InChI=1S/C39H52FN5O4S/c1-27(2)37-41-18-21-44(37)26-39(30-6-4-7-31(40)22-30,35-8-5-9-36(35)42-38(46)49-3)29-16-19-43(20-17-29)23-28-24-45(25-28)32-10-12-33(13-11-32)50(47,48)34-14-15-34/h4,6-7,10-13,18,21-22,27-29,34-36H,5,8-9,14-17,19-20,23-26H2,1-3H3,(H,42,46)/t35?,36-,39-/m0/s1. The number of piperidine rings is 1. The number of nitrogens with one attached hydrogen (secondary N) is 1. The van der Waals surface area contributed by atoms with E-state index in [0.717, 1.165) is 94.7 Å². The lowest BCUT2D eigenvalue weighted by Gasteiger charge is -2.51. The number of amides is 1. The lowest BCUT2D eigenvalue weighted by Crippen LogP contribution is -2.56. The first-order valence-electron chi connectivity index (χ1n) is 18.5.